The van der Waals surface area contributed by atoms with Crippen LogP contribution in [0.5, 0.6) is 0 Å². The van der Waals surface area contributed by atoms with E-state index in [4.69, 9.17) is 0 Å². The van der Waals surface area contributed by atoms with Gasteiger partial charge in [0, 0.05) is 12.4 Å². The standard InChI is InChI=1S/C28H26N3/c1-19-10-12-26-27(16-19)30(4)28(24-18-29-15-14-20(24)2)31(26)25-13-11-23(17-21(25)3)22-8-6-5-7-9-22/h5-18H,1-4H3/q+1. The third-order valence-electron chi connectivity index (χ3n) is 6.09. The summed E-state index contributed by atoms with van der Waals surface area (Å²) < 4.78 is 4.67. The zero-order chi connectivity index (χ0) is 21.5. The molecule has 0 aliphatic rings. The van der Waals surface area contributed by atoms with Crippen molar-refractivity contribution in [2.24, 2.45) is 7.05 Å². The lowest BCUT2D eigenvalue weighted by molar-refractivity contribution is -0.556. The highest BCUT2D eigenvalue weighted by Gasteiger charge is 2.28. The molecule has 5 aromatic rings. The molecule has 0 N–H and O–H groups in total. The SMILES string of the molecule is Cc1ccc2c(c1)n(C)c(-c1cnccc1C)[n+]2-c1ccc(-c2ccccc2)cc1C. The Morgan fingerprint density at radius 1 is 0.774 bits per heavy atom. The van der Waals surface area contributed by atoms with Gasteiger partial charge in [-0.1, -0.05) is 42.5 Å². The molecule has 0 saturated carbocycles. The molecule has 152 valence electrons. The quantitative estimate of drug-likeness (QED) is 0.333. The molecule has 0 atom stereocenters. The van der Waals surface area contributed by atoms with E-state index in [0.717, 1.165) is 11.4 Å². The number of imidazole rings is 1. The van der Waals surface area contributed by atoms with Gasteiger partial charge in [-0.25, -0.2) is 4.57 Å². The van der Waals surface area contributed by atoms with Crippen molar-refractivity contribution in [2.45, 2.75) is 20.8 Å². The fourth-order valence-electron chi connectivity index (χ4n) is 4.43. The van der Waals surface area contributed by atoms with E-state index in [0.29, 0.717) is 0 Å². The van der Waals surface area contributed by atoms with Gasteiger partial charge in [-0.05, 0) is 78.9 Å². The zero-order valence-corrected chi connectivity index (χ0v) is 18.4. The summed E-state index contributed by atoms with van der Waals surface area (Å²) >= 11 is 0. The molecule has 0 spiro atoms. The second-order valence-electron chi connectivity index (χ2n) is 8.27. The fraction of sp³-hybridized carbons (Fsp3) is 0.143. The summed E-state index contributed by atoms with van der Waals surface area (Å²) in [4.78, 5) is 4.44. The molecule has 3 nitrogen and oxygen atoms in total. The van der Waals surface area contributed by atoms with Crippen molar-refractivity contribution >= 4 is 11.0 Å². The van der Waals surface area contributed by atoms with Crippen LogP contribution >= 0.6 is 0 Å². The largest absolute Gasteiger partial charge is 0.296 e. The van der Waals surface area contributed by atoms with Gasteiger partial charge >= 0.3 is 0 Å². The van der Waals surface area contributed by atoms with Gasteiger partial charge < -0.3 is 0 Å². The molecule has 0 aliphatic heterocycles. The van der Waals surface area contributed by atoms with Crippen molar-refractivity contribution in [1.29, 1.82) is 0 Å². The number of aromatic nitrogens is 3. The van der Waals surface area contributed by atoms with Crippen molar-refractivity contribution in [3.8, 4) is 28.2 Å². The molecule has 5 rings (SSSR count). The van der Waals surface area contributed by atoms with Crippen molar-refractivity contribution in [3.05, 3.63) is 102 Å². The van der Waals surface area contributed by atoms with Gasteiger partial charge in [-0.15, -0.1) is 0 Å². The summed E-state index contributed by atoms with van der Waals surface area (Å²) in [6.07, 6.45) is 3.83. The molecule has 0 aliphatic carbocycles. The predicted octanol–water partition coefficient (Wildman–Crippen LogP) is 6.11. The maximum atomic E-state index is 4.44. The molecule has 0 unspecified atom stereocenters. The molecule has 2 heterocycles. The van der Waals surface area contributed by atoms with Gasteiger partial charge in [0.15, 0.2) is 11.0 Å². The molecule has 2 aromatic heterocycles. The molecular formula is C28H26N3+. The van der Waals surface area contributed by atoms with Gasteiger partial charge in [-0.2, -0.15) is 4.57 Å². The Balaban J connectivity index is 1.81. The van der Waals surface area contributed by atoms with Gasteiger partial charge in [0.05, 0.1) is 12.6 Å². The molecule has 0 radical (unpaired) electrons. The van der Waals surface area contributed by atoms with Crippen molar-refractivity contribution in [2.75, 3.05) is 0 Å². The van der Waals surface area contributed by atoms with Crippen LogP contribution in [0.4, 0.5) is 0 Å². The van der Waals surface area contributed by atoms with E-state index < -0.39 is 0 Å². The summed E-state index contributed by atoms with van der Waals surface area (Å²) in [5.41, 5.74) is 10.9. The normalized spacial score (nSPS) is 11.2. The second-order valence-corrected chi connectivity index (χ2v) is 8.27. The molecule has 0 fully saturated rings. The Labute approximate surface area is 183 Å². The van der Waals surface area contributed by atoms with E-state index in [1.54, 1.807) is 0 Å². The smallest absolute Gasteiger partial charge is 0.264 e. The summed E-state index contributed by atoms with van der Waals surface area (Å²) in [5, 5.41) is 0. The Hall–Kier alpha value is -3.72. The molecule has 3 heteroatoms. The minimum absolute atomic E-state index is 1.14. The summed E-state index contributed by atoms with van der Waals surface area (Å²) in [6.45, 7) is 6.49. The fourth-order valence-corrected chi connectivity index (χ4v) is 4.43. The van der Waals surface area contributed by atoms with Gasteiger partial charge in [0.1, 0.15) is 5.69 Å². The third kappa shape index (κ3) is 3.23. The third-order valence-corrected chi connectivity index (χ3v) is 6.09. The van der Waals surface area contributed by atoms with E-state index in [1.165, 1.54) is 44.5 Å². The number of aryl methyl sites for hydroxylation is 4. The summed E-state index contributed by atoms with van der Waals surface area (Å²) in [6, 6.07) is 26.0. The monoisotopic (exact) mass is 404 g/mol. The van der Waals surface area contributed by atoms with E-state index in [2.05, 4.69) is 115 Å². The van der Waals surface area contributed by atoms with Crippen LogP contribution in [0.3, 0.4) is 0 Å². The lowest BCUT2D eigenvalue weighted by atomic mass is 10.0. The number of hydrogen-bond acceptors (Lipinski definition) is 1. The number of rotatable bonds is 3. The number of fused-ring (bicyclic) bond motifs is 1. The van der Waals surface area contributed by atoms with Crippen LogP contribution in [0.2, 0.25) is 0 Å². The lowest BCUT2D eigenvalue weighted by Crippen LogP contribution is -2.34. The molecule has 0 saturated heterocycles. The molecular weight excluding hydrogens is 378 g/mol. The van der Waals surface area contributed by atoms with E-state index in [-0.39, 0.29) is 0 Å². The molecule has 0 amide bonds. The van der Waals surface area contributed by atoms with Crippen molar-refractivity contribution in [1.82, 2.24) is 9.55 Å². The highest BCUT2D eigenvalue weighted by Crippen LogP contribution is 2.29. The van der Waals surface area contributed by atoms with Crippen molar-refractivity contribution in [3.63, 3.8) is 0 Å². The van der Waals surface area contributed by atoms with Crippen LogP contribution in [0.1, 0.15) is 16.7 Å². The number of pyridine rings is 1. The van der Waals surface area contributed by atoms with Crippen LogP contribution < -0.4 is 4.57 Å². The highest BCUT2D eigenvalue weighted by atomic mass is 15.2. The van der Waals surface area contributed by atoms with Gasteiger partial charge in [-0.3, -0.25) is 4.98 Å². The first-order chi connectivity index (χ1) is 15.0. The van der Waals surface area contributed by atoms with Crippen LogP contribution in [-0.4, -0.2) is 9.55 Å². The Kier molecular flexibility index (Phi) is 4.67. The lowest BCUT2D eigenvalue weighted by Gasteiger charge is -2.10. The number of benzene rings is 3. The number of hydrogen-bond donors (Lipinski definition) is 0. The highest BCUT2D eigenvalue weighted by molar-refractivity contribution is 5.78. The first-order valence-corrected chi connectivity index (χ1v) is 10.6. The van der Waals surface area contributed by atoms with E-state index in [1.807, 2.05) is 12.4 Å². The molecule has 0 bridgehead atoms. The maximum Gasteiger partial charge on any atom is 0.296 e. The van der Waals surface area contributed by atoms with Gasteiger partial charge in [0.2, 0.25) is 0 Å². The van der Waals surface area contributed by atoms with Crippen LogP contribution in [0, 0.1) is 20.8 Å². The first-order valence-electron chi connectivity index (χ1n) is 10.6. The minimum atomic E-state index is 1.14. The average Bonchev–Trinajstić information content (AvgIpc) is 3.06. The van der Waals surface area contributed by atoms with E-state index in [9.17, 15) is 0 Å². The molecule has 31 heavy (non-hydrogen) atoms. The topological polar surface area (TPSA) is 21.7 Å². The minimum Gasteiger partial charge on any atom is -0.264 e. The van der Waals surface area contributed by atoms with E-state index >= 15 is 0 Å². The Bertz CT molecular complexity index is 1410. The Morgan fingerprint density at radius 3 is 2.32 bits per heavy atom. The van der Waals surface area contributed by atoms with Crippen molar-refractivity contribution < 1.29 is 4.57 Å². The predicted molar refractivity (Wildman–Crippen MR) is 127 cm³/mol. The van der Waals surface area contributed by atoms with Gasteiger partial charge in [0.25, 0.3) is 5.82 Å². The van der Waals surface area contributed by atoms with Crippen LogP contribution in [0.15, 0.2) is 85.2 Å². The van der Waals surface area contributed by atoms with Crippen LogP contribution in [0.25, 0.3) is 39.2 Å². The number of nitrogens with zero attached hydrogens (tertiary/aromatic N) is 3. The van der Waals surface area contributed by atoms with Crippen LogP contribution in [-0.2, 0) is 7.05 Å². The Morgan fingerprint density at radius 2 is 1.58 bits per heavy atom. The zero-order valence-electron chi connectivity index (χ0n) is 18.4. The summed E-state index contributed by atoms with van der Waals surface area (Å²) in [7, 11) is 2.15. The average molecular weight is 405 g/mol. The second kappa shape index (κ2) is 7.51. The molecule has 3 aromatic carbocycles. The maximum absolute atomic E-state index is 4.44. The summed E-state index contributed by atoms with van der Waals surface area (Å²) in [5.74, 6) is 1.14. The first kappa shape index (κ1) is 19.3.